The molecule has 2 saturated heterocycles. The monoisotopic (exact) mass is 256 g/mol. The number of rotatable bonds is 7. The standard InChI is InChI=1S/C14H28N2O2/c1-11(2)12(3)4-5-15-14-13(18-14)10-16-6-8-17-9-7-16/h11-15H,4-10H2,1-3H3/t12-,13?,14-/m1/s1. The molecule has 1 unspecified atom stereocenters. The number of hydrogen-bond donors (Lipinski definition) is 1. The zero-order chi connectivity index (χ0) is 13.0. The molecule has 2 heterocycles. The molecule has 3 atom stereocenters. The van der Waals surface area contributed by atoms with Gasteiger partial charge in [0.1, 0.15) is 12.3 Å². The molecule has 0 aromatic carbocycles. The van der Waals surface area contributed by atoms with E-state index >= 15 is 0 Å². The normalized spacial score (nSPS) is 30.7. The topological polar surface area (TPSA) is 37.0 Å². The van der Waals surface area contributed by atoms with Crippen LogP contribution >= 0.6 is 0 Å². The molecule has 2 rings (SSSR count). The van der Waals surface area contributed by atoms with Crippen molar-refractivity contribution in [3.8, 4) is 0 Å². The van der Waals surface area contributed by atoms with Crippen LogP contribution < -0.4 is 5.32 Å². The minimum Gasteiger partial charge on any atom is -0.379 e. The zero-order valence-electron chi connectivity index (χ0n) is 12.0. The van der Waals surface area contributed by atoms with Crippen molar-refractivity contribution in [1.29, 1.82) is 0 Å². The Morgan fingerprint density at radius 2 is 1.94 bits per heavy atom. The van der Waals surface area contributed by atoms with Crippen LogP contribution in [0.2, 0.25) is 0 Å². The van der Waals surface area contributed by atoms with Gasteiger partial charge in [-0.3, -0.25) is 10.2 Å². The van der Waals surface area contributed by atoms with E-state index in [1.807, 2.05) is 0 Å². The first-order chi connectivity index (χ1) is 8.66. The SMILES string of the molecule is CC(C)[C@H](C)CCN[C@@H]1OC1CN1CCOCC1. The zero-order valence-corrected chi connectivity index (χ0v) is 12.0. The summed E-state index contributed by atoms with van der Waals surface area (Å²) in [7, 11) is 0. The molecule has 0 bridgehead atoms. The summed E-state index contributed by atoms with van der Waals surface area (Å²) in [4.78, 5) is 2.44. The number of nitrogens with one attached hydrogen (secondary N) is 1. The Hall–Kier alpha value is -0.160. The molecular formula is C14H28N2O2. The predicted octanol–water partition coefficient (Wildman–Crippen LogP) is 1.32. The van der Waals surface area contributed by atoms with Crippen molar-refractivity contribution in [2.45, 2.75) is 39.5 Å². The molecule has 18 heavy (non-hydrogen) atoms. The van der Waals surface area contributed by atoms with E-state index in [9.17, 15) is 0 Å². The van der Waals surface area contributed by atoms with Gasteiger partial charge in [0.05, 0.1) is 13.2 Å². The minimum absolute atomic E-state index is 0.298. The van der Waals surface area contributed by atoms with Gasteiger partial charge in [0, 0.05) is 19.6 Å². The smallest absolute Gasteiger partial charge is 0.136 e. The van der Waals surface area contributed by atoms with Crippen LogP contribution in [0, 0.1) is 11.8 Å². The average molecular weight is 256 g/mol. The summed E-state index contributed by atoms with van der Waals surface area (Å²) < 4.78 is 11.0. The van der Waals surface area contributed by atoms with Crippen LogP contribution in [0.1, 0.15) is 27.2 Å². The van der Waals surface area contributed by atoms with Crippen molar-refractivity contribution in [3.05, 3.63) is 0 Å². The van der Waals surface area contributed by atoms with Crippen molar-refractivity contribution >= 4 is 0 Å². The molecule has 0 aromatic rings. The second kappa shape index (κ2) is 6.85. The molecule has 106 valence electrons. The number of epoxide rings is 1. The molecule has 0 saturated carbocycles. The van der Waals surface area contributed by atoms with Crippen molar-refractivity contribution in [1.82, 2.24) is 10.2 Å². The van der Waals surface area contributed by atoms with Crippen LogP contribution in [0.4, 0.5) is 0 Å². The highest BCUT2D eigenvalue weighted by molar-refractivity contribution is 4.86. The number of morpholine rings is 1. The van der Waals surface area contributed by atoms with E-state index in [1.54, 1.807) is 0 Å². The van der Waals surface area contributed by atoms with Crippen LogP contribution in [0.25, 0.3) is 0 Å². The Balaban J connectivity index is 1.52. The first kappa shape index (κ1) is 14.3. The van der Waals surface area contributed by atoms with E-state index in [2.05, 4.69) is 31.0 Å². The third-order valence-electron chi connectivity index (χ3n) is 4.21. The molecule has 2 aliphatic heterocycles. The molecule has 4 nitrogen and oxygen atoms in total. The summed E-state index contributed by atoms with van der Waals surface area (Å²) in [5.41, 5.74) is 0. The second-order valence-electron chi connectivity index (χ2n) is 5.97. The van der Waals surface area contributed by atoms with Crippen molar-refractivity contribution < 1.29 is 9.47 Å². The fourth-order valence-electron chi connectivity index (χ4n) is 2.29. The molecule has 0 spiro atoms. The summed E-state index contributed by atoms with van der Waals surface area (Å²) in [6.45, 7) is 12.9. The lowest BCUT2D eigenvalue weighted by molar-refractivity contribution is 0.0349. The van der Waals surface area contributed by atoms with E-state index in [0.29, 0.717) is 12.3 Å². The van der Waals surface area contributed by atoms with Gasteiger partial charge in [0.15, 0.2) is 0 Å². The van der Waals surface area contributed by atoms with Gasteiger partial charge in [-0.15, -0.1) is 0 Å². The Morgan fingerprint density at radius 3 is 2.61 bits per heavy atom. The van der Waals surface area contributed by atoms with E-state index in [-0.39, 0.29) is 0 Å². The fourth-order valence-corrected chi connectivity index (χ4v) is 2.29. The van der Waals surface area contributed by atoms with E-state index < -0.39 is 0 Å². The molecule has 2 aliphatic rings. The average Bonchev–Trinajstić information content (AvgIpc) is 3.08. The van der Waals surface area contributed by atoms with Gasteiger partial charge in [-0.1, -0.05) is 20.8 Å². The molecule has 4 heteroatoms. The van der Waals surface area contributed by atoms with Gasteiger partial charge in [0.2, 0.25) is 0 Å². The summed E-state index contributed by atoms with van der Waals surface area (Å²) in [5, 5.41) is 3.50. The van der Waals surface area contributed by atoms with Gasteiger partial charge in [0.25, 0.3) is 0 Å². The molecule has 0 amide bonds. The molecular weight excluding hydrogens is 228 g/mol. The lowest BCUT2D eigenvalue weighted by Gasteiger charge is -2.25. The third kappa shape index (κ3) is 4.50. The van der Waals surface area contributed by atoms with Crippen LogP contribution in [-0.2, 0) is 9.47 Å². The number of ether oxygens (including phenoxy) is 2. The molecule has 2 fully saturated rings. The highest BCUT2D eigenvalue weighted by Gasteiger charge is 2.39. The highest BCUT2D eigenvalue weighted by atomic mass is 16.6. The van der Waals surface area contributed by atoms with Crippen LogP contribution in [0.3, 0.4) is 0 Å². The van der Waals surface area contributed by atoms with E-state index in [1.165, 1.54) is 6.42 Å². The van der Waals surface area contributed by atoms with Gasteiger partial charge in [-0.25, -0.2) is 0 Å². The van der Waals surface area contributed by atoms with Crippen LogP contribution in [-0.4, -0.2) is 56.6 Å². The summed E-state index contributed by atoms with van der Waals surface area (Å²) in [5.74, 6) is 1.56. The Kier molecular flexibility index (Phi) is 5.42. The Morgan fingerprint density at radius 1 is 1.22 bits per heavy atom. The maximum atomic E-state index is 5.67. The summed E-state index contributed by atoms with van der Waals surface area (Å²) >= 11 is 0. The molecule has 0 aliphatic carbocycles. The van der Waals surface area contributed by atoms with Gasteiger partial charge < -0.3 is 9.47 Å². The first-order valence-electron chi connectivity index (χ1n) is 7.35. The van der Waals surface area contributed by atoms with Crippen molar-refractivity contribution in [2.24, 2.45) is 11.8 Å². The lowest BCUT2D eigenvalue weighted by Crippen LogP contribution is -2.39. The molecule has 1 N–H and O–H groups in total. The van der Waals surface area contributed by atoms with Crippen molar-refractivity contribution in [3.63, 3.8) is 0 Å². The Bertz CT molecular complexity index is 242. The third-order valence-corrected chi connectivity index (χ3v) is 4.21. The molecule has 0 radical (unpaired) electrons. The van der Waals surface area contributed by atoms with Crippen molar-refractivity contribution in [2.75, 3.05) is 39.4 Å². The van der Waals surface area contributed by atoms with Crippen LogP contribution in [0.15, 0.2) is 0 Å². The largest absolute Gasteiger partial charge is 0.379 e. The van der Waals surface area contributed by atoms with Gasteiger partial charge in [-0.2, -0.15) is 0 Å². The maximum absolute atomic E-state index is 5.67. The number of hydrogen-bond acceptors (Lipinski definition) is 4. The summed E-state index contributed by atoms with van der Waals surface area (Å²) in [6.07, 6.45) is 1.94. The maximum Gasteiger partial charge on any atom is 0.136 e. The van der Waals surface area contributed by atoms with Gasteiger partial charge >= 0.3 is 0 Å². The number of nitrogens with zero attached hydrogens (tertiary/aromatic N) is 1. The second-order valence-corrected chi connectivity index (χ2v) is 5.97. The highest BCUT2D eigenvalue weighted by Crippen LogP contribution is 2.21. The molecule has 0 aromatic heterocycles. The quantitative estimate of drug-likeness (QED) is 0.697. The van der Waals surface area contributed by atoms with Gasteiger partial charge in [-0.05, 0) is 24.8 Å². The Labute approximate surface area is 111 Å². The van der Waals surface area contributed by atoms with E-state index in [0.717, 1.165) is 51.2 Å². The predicted molar refractivity (Wildman–Crippen MR) is 72.5 cm³/mol. The lowest BCUT2D eigenvalue weighted by atomic mass is 9.95. The first-order valence-corrected chi connectivity index (χ1v) is 7.35. The van der Waals surface area contributed by atoms with E-state index in [4.69, 9.17) is 9.47 Å². The fraction of sp³-hybridized carbons (Fsp3) is 1.00. The van der Waals surface area contributed by atoms with Crippen LogP contribution in [0.5, 0.6) is 0 Å². The minimum atomic E-state index is 0.298. The summed E-state index contributed by atoms with van der Waals surface area (Å²) in [6, 6.07) is 0.